The number of nitrogens with zero attached hydrogens (tertiary/aromatic N) is 1. The number of sulfonamides is 1. The number of amides is 2. The highest BCUT2D eigenvalue weighted by molar-refractivity contribution is 7.92. The molecule has 0 saturated carbocycles. The van der Waals surface area contributed by atoms with Crippen molar-refractivity contribution in [3.8, 4) is 23.0 Å². The van der Waals surface area contributed by atoms with E-state index in [0.717, 1.165) is 17.2 Å². The van der Waals surface area contributed by atoms with Gasteiger partial charge < -0.3 is 30.3 Å². The van der Waals surface area contributed by atoms with Gasteiger partial charge in [-0.1, -0.05) is 51.1 Å². The molecule has 5 aromatic rings. The van der Waals surface area contributed by atoms with Crippen molar-refractivity contribution in [2.45, 2.75) is 32.6 Å². The second-order valence-corrected chi connectivity index (χ2v) is 14.1. The van der Waals surface area contributed by atoms with Crippen molar-refractivity contribution in [3.63, 3.8) is 0 Å². The molecule has 0 saturated heterocycles. The third kappa shape index (κ3) is 8.37. The van der Waals surface area contributed by atoms with Crippen LogP contribution < -0.4 is 24.8 Å². The van der Waals surface area contributed by atoms with Crippen LogP contribution in [0.2, 0.25) is 0 Å². The maximum atomic E-state index is 13.4. The molecule has 1 heterocycles. The summed E-state index contributed by atoms with van der Waals surface area (Å²) in [5.74, 6) is -0.344. The fourth-order valence-corrected chi connectivity index (χ4v) is 5.77. The van der Waals surface area contributed by atoms with Crippen LogP contribution in [0.4, 0.5) is 21.9 Å². The normalized spacial score (nSPS) is 11.5. The van der Waals surface area contributed by atoms with Crippen molar-refractivity contribution in [2.24, 2.45) is 0 Å². The van der Waals surface area contributed by atoms with Crippen LogP contribution in [0.1, 0.15) is 48.0 Å². The van der Waals surface area contributed by atoms with E-state index in [1.54, 1.807) is 48.7 Å². The van der Waals surface area contributed by atoms with Crippen LogP contribution in [0.3, 0.4) is 0 Å². The molecule has 254 valence electrons. The lowest BCUT2D eigenvalue weighted by molar-refractivity contribution is 0.0693. The van der Waals surface area contributed by atoms with E-state index in [2.05, 4.69) is 20.3 Å². The molecule has 12 nitrogen and oxygen atoms in total. The topological polar surface area (TPSA) is 176 Å². The SMILES string of the molecule is COc1c(NC(=O)Nc2ccc(Oc3ccnc(Cc4ccc(C(=O)O)c(O)c4)c3)c3ccccc23)cc(C(C)(C)C)cc1NS(C)(=O)=O. The average molecular weight is 685 g/mol. The number of carboxylic acid groups (broad SMARTS) is 1. The van der Waals surface area contributed by atoms with Crippen LogP contribution in [0, 0.1) is 0 Å². The van der Waals surface area contributed by atoms with Crippen molar-refractivity contribution in [3.05, 3.63) is 107 Å². The number of phenols is 1. The minimum absolute atomic E-state index is 0.160. The number of aromatic carboxylic acids is 1. The lowest BCUT2D eigenvalue weighted by Gasteiger charge is -2.24. The maximum absolute atomic E-state index is 13.4. The Bertz CT molecular complexity index is 2180. The molecule has 5 rings (SSSR count). The Kier molecular flexibility index (Phi) is 9.67. The molecule has 0 aliphatic heterocycles. The van der Waals surface area contributed by atoms with Crippen LogP contribution in [-0.4, -0.2) is 49.0 Å². The standard InChI is InChI=1S/C36H36N4O8S/c1-36(2,3)22-18-29(33(47-4)30(19-22)40-49(5,45)46)39-35(44)38-28-12-13-32(26-9-7-6-8-25(26)28)48-24-14-15-37-23(20-24)16-21-10-11-27(34(42)43)31(41)17-21/h6-15,17-20,40-41H,16H2,1-5H3,(H,42,43)(H2,38,39,44). The molecule has 5 N–H and O–H groups in total. The lowest BCUT2D eigenvalue weighted by Crippen LogP contribution is -2.22. The number of benzene rings is 4. The first kappa shape index (κ1) is 34.5. The number of carbonyl (C=O) groups is 2. The molecular formula is C36H36N4O8S. The van der Waals surface area contributed by atoms with Crippen molar-refractivity contribution in [1.29, 1.82) is 0 Å². The predicted molar refractivity (Wildman–Crippen MR) is 189 cm³/mol. The zero-order chi connectivity index (χ0) is 35.5. The summed E-state index contributed by atoms with van der Waals surface area (Å²) in [4.78, 5) is 29.0. The number of aromatic hydroxyl groups is 1. The molecule has 0 aliphatic carbocycles. The number of hydrogen-bond acceptors (Lipinski definition) is 8. The second kappa shape index (κ2) is 13.7. The number of ether oxygens (including phenoxy) is 2. The number of anilines is 3. The Balaban J connectivity index is 1.38. The lowest BCUT2D eigenvalue weighted by atomic mass is 9.86. The second-order valence-electron chi connectivity index (χ2n) is 12.4. The average Bonchev–Trinajstić information content (AvgIpc) is 3.01. The summed E-state index contributed by atoms with van der Waals surface area (Å²) in [6.45, 7) is 5.91. The summed E-state index contributed by atoms with van der Waals surface area (Å²) in [5.41, 5.74) is 2.53. The molecule has 13 heteroatoms. The Morgan fingerprint density at radius 2 is 1.57 bits per heavy atom. The van der Waals surface area contributed by atoms with Gasteiger partial charge in [0.1, 0.15) is 22.8 Å². The van der Waals surface area contributed by atoms with Gasteiger partial charge >= 0.3 is 12.0 Å². The van der Waals surface area contributed by atoms with E-state index in [-0.39, 0.29) is 33.9 Å². The number of fused-ring (bicyclic) bond motifs is 1. The van der Waals surface area contributed by atoms with Gasteiger partial charge in [0.2, 0.25) is 10.0 Å². The molecule has 49 heavy (non-hydrogen) atoms. The van der Waals surface area contributed by atoms with Gasteiger partial charge in [0.25, 0.3) is 0 Å². The van der Waals surface area contributed by atoms with Crippen molar-refractivity contribution >= 4 is 49.9 Å². The number of methoxy groups -OCH3 is 1. The monoisotopic (exact) mass is 684 g/mol. The number of nitrogens with one attached hydrogen (secondary N) is 3. The number of hydrogen-bond donors (Lipinski definition) is 5. The Labute approximate surface area is 283 Å². The van der Waals surface area contributed by atoms with E-state index < -0.39 is 22.0 Å². The molecule has 1 aromatic heterocycles. The largest absolute Gasteiger partial charge is 0.507 e. The number of pyridine rings is 1. The molecule has 2 amide bonds. The number of carbonyl (C=O) groups excluding carboxylic acids is 1. The molecule has 0 fully saturated rings. The van der Waals surface area contributed by atoms with Crippen LogP contribution >= 0.6 is 0 Å². The van der Waals surface area contributed by atoms with Gasteiger partial charge in [-0.25, -0.2) is 18.0 Å². The van der Waals surface area contributed by atoms with Gasteiger partial charge in [-0.05, 0) is 59.0 Å². The number of rotatable bonds is 10. The van der Waals surface area contributed by atoms with Crippen LogP contribution in [0.15, 0.2) is 85.1 Å². The Morgan fingerprint density at radius 1 is 0.878 bits per heavy atom. The fraction of sp³-hybridized carbons (Fsp3) is 0.194. The zero-order valence-electron chi connectivity index (χ0n) is 27.5. The van der Waals surface area contributed by atoms with Crippen LogP contribution in [0.25, 0.3) is 10.8 Å². The maximum Gasteiger partial charge on any atom is 0.339 e. The van der Waals surface area contributed by atoms with Crippen molar-refractivity contribution in [1.82, 2.24) is 4.98 Å². The molecular weight excluding hydrogens is 648 g/mol. The molecule has 0 unspecified atom stereocenters. The summed E-state index contributed by atoms with van der Waals surface area (Å²) < 4.78 is 38.5. The fourth-order valence-electron chi connectivity index (χ4n) is 5.22. The first-order valence-corrected chi connectivity index (χ1v) is 17.0. The molecule has 0 bridgehead atoms. The first-order chi connectivity index (χ1) is 23.1. The van der Waals surface area contributed by atoms with Gasteiger partial charge in [0.05, 0.1) is 30.4 Å². The van der Waals surface area contributed by atoms with E-state index in [0.29, 0.717) is 40.3 Å². The highest BCUT2D eigenvalue weighted by atomic mass is 32.2. The number of urea groups is 1. The number of aromatic nitrogens is 1. The van der Waals surface area contributed by atoms with Crippen molar-refractivity contribution < 1.29 is 37.7 Å². The van der Waals surface area contributed by atoms with Crippen molar-refractivity contribution in [2.75, 3.05) is 28.7 Å². The smallest absolute Gasteiger partial charge is 0.339 e. The molecule has 4 aromatic carbocycles. The summed E-state index contributed by atoms with van der Waals surface area (Å²) in [6.07, 6.45) is 2.97. The van der Waals surface area contributed by atoms with Gasteiger partial charge in [-0.3, -0.25) is 9.71 Å². The van der Waals surface area contributed by atoms with E-state index in [1.165, 1.54) is 19.2 Å². The molecule has 0 aliphatic rings. The summed E-state index contributed by atoms with van der Waals surface area (Å²) in [6, 6.07) is 21.5. The third-order valence-electron chi connectivity index (χ3n) is 7.53. The number of carboxylic acids is 1. The predicted octanol–water partition coefficient (Wildman–Crippen LogP) is 7.34. The van der Waals surface area contributed by atoms with Gasteiger partial charge in [0, 0.05) is 35.2 Å². The highest BCUT2D eigenvalue weighted by Crippen LogP contribution is 2.40. The van der Waals surface area contributed by atoms with Gasteiger partial charge in [-0.2, -0.15) is 0 Å². The van der Waals surface area contributed by atoms with E-state index in [9.17, 15) is 28.2 Å². The third-order valence-corrected chi connectivity index (χ3v) is 8.12. The van der Waals surface area contributed by atoms with E-state index >= 15 is 0 Å². The minimum atomic E-state index is -3.64. The highest BCUT2D eigenvalue weighted by Gasteiger charge is 2.22. The van der Waals surface area contributed by atoms with E-state index in [1.807, 2.05) is 45.0 Å². The van der Waals surface area contributed by atoms with Crippen LogP contribution in [-0.2, 0) is 21.9 Å². The van der Waals surface area contributed by atoms with E-state index in [4.69, 9.17) is 9.47 Å². The zero-order valence-corrected chi connectivity index (χ0v) is 28.3. The summed E-state index contributed by atoms with van der Waals surface area (Å²) >= 11 is 0. The summed E-state index contributed by atoms with van der Waals surface area (Å²) in [5, 5.41) is 26.4. The molecule has 0 spiro atoms. The van der Waals surface area contributed by atoms with Gasteiger partial charge in [-0.15, -0.1) is 0 Å². The molecule has 0 radical (unpaired) electrons. The summed E-state index contributed by atoms with van der Waals surface area (Å²) in [7, 11) is -2.25. The van der Waals surface area contributed by atoms with Gasteiger partial charge in [0.15, 0.2) is 5.75 Å². The first-order valence-electron chi connectivity index (χ1n) is 15.1. The minimum Gasteiger partial charge on any atom is -0.507 e. The quantitative estimate of drug-likeness (QED) is 0.101. The Hall–Kier alpha value is -5.82. The Morgan fingerprint density at radius 3 is 2.22 bits per heavy atom. The van der Waals surface area contributed by atoms with Crippen LogP contribution in [0.5, 0.6) is 23.0 Å². The molecule has 0 atom stereocenters.